The van der Waals surface area contributed by atoms with Crippen LogP contribution in [-0.2, 0) is 32.3 Å². The molecular formula is C19H16F3N3O5S2. The van der Waals surface area contributed by atoms with E-state index in [2.05, 4.69) is 9.73 Å². The number of hydrogen-bond donors (Lipinski definition) is 1. The van der Waals surface area contributed by atoms with Crippen molar-refractivity contribution in [3.05, 3.63) is 58.4 Å². The van der Waals surface area contributed by atoms with Crippen LogP contribution in [0.1, 0.15) is 22.3 Å². The first-order valence-electron chi connectivity index (χ1n) is 8.89. The summed E-state index contributed by atoms with van der Waals surface area (Å²) in [7, 11) is -2.79. The molecule has 3 rings (SSSR count). The van der Waals surface area contributed by atoms with Gasteiger partial charge in [-0.1, -0.05) is 17.4 Å². The van der Waals surface area contributed by atoms with Crippen molar-refractivity contribution < 1.29 is 35.9 Å². The molecule has 0 unspecified atom stereocenters. The van der Waals surface area contributed by atoms with Crippen LogP contribution in [-0.4, -0.2) is 32.0 Å². The molecule has 8 nitrogen and oxygen atoms in total. The highest BCUT2D eigenvalue weighted by molar-refractivity contribution is 7.89. The number of ether oxygens (including phenoxy) is 1. The van der Waals surface area contributed by atoms with E-state index in [0.29, 0.717) is 16.3 Å². The van der Waals surface area contributed by atoms with Crippen LogP contribution in [0, 0.1) is 0 Å². The number of esters is 1. The number of fused-ring (bicyclic) bond motifs is 1. The lowest BCUT2D eigenvalue weighted by atomic mass is 10.1. The summed E-state index contributed by atoms with van der Waals surface area (Å²) in [6.45, 7) is 0.0378. The number of benzene rings is 2. The number of rotatable bonds is 5. The summed E-state index contributed by atoms with van der Waals surface area (Å²) in [4.78, 5) is 28.0. The first kappa shape index (κ1) is 23.6. The first-order chi connectivity index (χ1) is 14.9. The number of nitrogens with zero attached hydrogens (tertiary/aromatic N) is 2. The molecule has 0 fully saturated rings. The fourth-order valence-electron chi connectivity index (χ4n) is 2.82. The predicted molar refractivity (Wildman–Crippen MR) is 109 cm³/mol. The average Bonchev–Trinajstić information content (AvgIpc) is 3.06. The monoisotopic (exact) mass is 487 g/mol. The number of nitrogens with two attached hydrogens (primary N) is 1. The van der Waals surface area contributed by atoms with E-state index in [1.807, 2.05) is 0 Å². The van der Waals surface area contributed by atoms with Gasteiger partial charge in [-0.2, -0.15) is 18.2 Å². The number of alkyl halides is 3. The van der Waals surface area contributed by atoms with E-state index in [1.165, 1.54) is 35.9 Å². The molecule has 13 heteroatoms. The maximum Gasteiger partial charge on any atom is 0.416 e. The Hall–Kier alpha value is -3.03. The van der Waals surface area contributed by atoms with E-state index in [-0.39, 0.29) is 28.2 Å². The van der Waals surface area contributed by atoms with Gasteiger partial charge in [-0.05, 0) is 36.4 Å². The lowest BCUT2D eigenvalue weighted by Crippen LogP contribution is -2.19. The van der Waals surface area contributed by atoms with Gasteiger partial charge in [-0.15, -0.1) is 0 Å². The van der Waals surface area contributed by atoms with E-state index >= 15 is 0 Å². The smallest absolute Gasteiger partial charge is 0.416 e. The highest BCUT2D eigenvalue weighted by Gasteiger charge is 2.30. The molecular weight excluding hydrogens is 471 g/mol. The van der Waals surface area contributed by atoms with Crippen molar-refractivity contribution >= 4 is 43.5 Å². The third-order valence-corrected chi connectivity index (χ3v) is 6.34. The number of primary sulfonamides is 1. The number of thiazole rings is 1. The SMILES string of the molecule is COC(=O)CCn1c(=NC(=O)c2cccc(C(F)(F)F)c2)sc2cc(S(N)(=O)=O)ccc21. The Morgan fingerprint density at radius 3 is 2.53 bits per heavy atom. The Balaban J connectivity index is 2.13. The van der Waals surface area contributed by atoms with Gasteiger partial charge in [0.15, 0.2) is 4.80 Å². The number of amides is 1. The number of methoxy groups -OCH3 is 1. The van der Waals surface area contributed by atoms with Gasteiger partial charge in [-0.25, -0.2) is 13.6 Å². The van der Waals surface area contributed by atoms with Crippen LogP contribution in [0.5, 0.6) is 0 Å². The van der Waals surface area contributed by atoms with Gasteiger partial charge in [0.1, 0.15) is 0 Å². The zero-order valence-electron chi connectivity index (χ0n) is 16.4. The topological polar surface area (TPSA) is 121 Å². The summed E-state index contributed by atoms with van der Waals surface area (Å²) in [6.07, 6.45) is -4.71. The molecule has 170 valence electrons. The largest absolute Gasteiger partial charge is 0.469 e. The molecule has 0 atom stereocenters. The number of sulfonamides is 1. The molecule has 32 heavy (non-hydrogen) atoms. The van der Waals surface area contributed by atoms with Gasteiger partial charge in [0.25, 0.3) is 5.91 Å². The van der Waals surface area contributed by atoms with E-state index in [0.717, 1.165) is 23.5 Å². The molecule has 0 spiro atoms. The van der Waals surface area contributed by atoms with E-state index < -0.39 is 33.6 Å². The Bertz CT molecular complexity index is 1370. The fourth-order valence-corrected chi connectivity index (χ4v) is 4.53. The quantitative estimate of drug-likeness (QED) is 0.555. The van der Waals surface area contributed by atoms with E-state index in [4.69, 9.17) is 5.14 Å². The number of halogens is 3. The first-order valence-corrected chi connectivity index (χ1v) is 11.3. The van der Waals surface area contributed by atoms with Crippen molar-refractivity contribution in [1.29, 1.82) is 0 Å². The van der Waals surface area contributed by atoms with Crippen molar-refractivity contribution in [2.45, 2.75) is 24.0 Å². The van der Waals surface area contributed by atoms with Gasteiger partial charge in [-0.3, -0.25) is 9.59 Å². The molecule has 1 heterocycles. The molecule has 1 amide bonds. The Morgan fingerprint density at radius 2 is 1.91 bits per heavy atom. The normalized spacial score (nSPS) is 12.8. The number of hydrogen-bond acceptors (Lipinski definition) is 6. The van der Waals surface area contributed by atoms with Crippen LogP contribution in [0.15, 0.2) is 52.4 Å². The van der Waals surface area contributed by atoms with Crippen molar-refractivity contribution in [2.75, 3.05) is 7.11 Å². The van der Waals surface area contributed by atoms with Crippen molar-refractivity contribution in [1.82, 2.24) is 4.57 Å². The van der Waals surface area contributed by atoms with Gasteiger partial charge in [0.05, 0.1) is 34.2 Å². The van der Waals surface area contributed by atoms with Crippen LogP contribution in [0.3, 0.4) is 0 Å². The minimum Gasteiger partial charge on any atom is -0.469 e. The molecule has 0 radical (unpaired) electrons. The molecule has 0 aliphatic rings. The maximum atomic E-state index is 13.0. The Labute approximate surface area is 183 Å². The molecule has 0 bridgehead atoms. The number of aromatic nitrogens is 1. The van der Waals surface area contributed by atoms with Gasteiger partial charge >= 0.3 is 12.1 Å². The highest BCUT2D eigenvalue weighted by atomic mass is 32.2. The Morgan fingerprint density at radius 1 is 1.19 bits per heavy atom. The molecule has 2 aromatic carbocycles. The second-order valence-corrected chi connectivity index (χ2v) is 9.10. The number of carbonyl (C=O) groups is 2. The van der Waals surface area contributed by atoms with Crippen molar-refractivity contribution in [3.8, 4) is 0 Å². The third kappa shape index (κ3) is 5.23. The van der Waals surface area contributed by atoms with Crippen LogP contribution in [0.4, 0.5) is 13.2 Å². The summed E-state index contributed by atoms with van der Waals surface area (Å²) in [5.41, 5.74) is -0.810. The zero-order valence-corrected chi connectivity index (χ0v) is 18.1. The number of aryl methyl sites for hydroxylation is 1. The Kier molecular flexibility index (Phi) is 6.53. The average molecular weight is 487 g/mol. The van der Waals surface area contributed by atoms with Crippen LogP contribution in [0.2, 0.25) is 0 Å². The third-order valence-electron chi connectivity index (χ3n) is 4.38. The second kappa shape index (κ2) is 8.84. The maximum absolute atomic E-state index is 13.0. The fraction of sp³-hybridized carbons (Fsp3) is 0.211. The lowest BCUT2D eigenvalue weighted by molar-refractivity contribution is -0.141. The van der Waals surface area contributed by atoms with Gasteiger partial charge < -0.3 is 9.30 Å². The molecule has 0 aliphatic heterocycles. The summed E-state index contributed by atoms with van der Waals surface area (Å²) < 4.78 is 68.7. The minimum atomic E-state index is -4.63. The molecule has 1 aromatic heterocycles. The summed E-state index contributed by atoms with van der Waals surface area (Å²) >= 11 is 0.927. The van der Waals surface area contributed by atoms with Crippen LogP contribution in [0.25, 0.3) is 10.2 Å². The minimum absolute atomic E-state index is 0.0378. The zero-order chi connectivity index (χ0) is 23.7. The predicted octanol–water partition coefficient (Wildman–Crippen LogP) is 2.67. The summed E-state index contributed by atoms with van der Waals surface area (Å²) in [5, 5.41) is 5.15. The second-order valence-electron chi connectivity index (χ2n) is 6.53. The van der Waals surface area contributed by atoms with Gasteiger partial charge in [0.2, 0.25) is 10.0 Å². The summed E-state index contributed by atoms with van der Waals surface area (Å²) in [6, 6.07) is 7.82. The standard InChI is InChI=1S/C19H16F3N3O5S2/c1-30-16(26)7-8-25-14-6-5-13(32(23,28)29)10-15(14)31-18(25)24-17(27)11-3-2-4-12(9-11)19(20,21)22/h2-6,9-10H,7-8H2,1H3,(H2,23,28,29). The molecule has 0 saturated carbocycles. The van der Waals surface area contributed by atoms with Gasteiger partial charge in [0, 0.05) is 12.1 Å². The molecule has 2 N–H and O–H groups in total. The molecule has 0 aliphatic carbocycles. The van der Waals surface area contributed by atoms with Crippen molar-refractivity contribution in [3.63, 3.8) is 0 Å². The summed E-state index contributed by atoms with van der Waals surface area (Å²) in [5.74, 6) is -1.46. The number of carbonyl (C=O) groups excluding carboxylic acids is 2. The van der Waals surface area contributed by atoms with E-state index in [1.54, 1.807) is 0 Å². The van der Waals surface area contributed by atoms with E-state index in [9.17, 15) is 31.2 Å². The van der Waals surface area contributed by atoms with Crippen molar-refractivity contribution in [2.24, 2.45) is 10.1 Å². The molecule has 3 aromatic rings. The van der Waals surface area contributed by atoms with Crippen LogP contribution < -0.4 is 9.94 Å². The van der Waals surface area contributed by atoms with Crippen LogP contribution >= 0.6 is 11.3 Å². The highest BCUT2D eigenvalue weighted by Crippen LogP contribution is 2.29. The molecule has 0 saturated heterocycles. The lowest BCUT2D eigenvalue weighted by Gasteiger charge is -2.07.